The Bertz CT molecular complexity index is 508. The second kappa shape index (κ2) is 7.63. The number of anilines is 2. The van der Waals surface area contributed by atoms with E-state index in [4.69, 9.17) is 0 Å². The van der Waals surface area contributed by atoms with Gasteiger partial charge in [0.15, 0.2) is 0 Å². The van der Waals surface area contributed by atoms with Gasteiger partial charge in [0.25, 0.3) is 0 Å². The second-order valence-corrected chi connectivity index (χ2v) is 5.26. The molecule has 2 nitrogen and oxygen atoms in total. The first kappa shape index (κ1) is 15.3. The number of hydrogen-bond donors (Lipinski definition) is 0. The number of rotatable bonds is 7. The van der Waals surface area contributed by atoms with Crippen molar-refractivity contribution >= 4 is 17.8 Å². The fourth-order valence-electron chi connectivity index (χ4n) is 2.46. The summed E-state index contributed by atoms with van der Waals surface area (Å²) in [5, 5.41) is 0. The van der Waals surface area contributed by atoms with Crippen molar-refractivity contribution < 1.29 is 4.79 Å². The minimum absolute atomic E-state index is 0.855. The van der Waals surface area contributed by atoms with Gasteiger partial charge < -0.3 is 0 Å². The SMILES string of the molecule is CCCc1ccc(N([C]=O)c2ccc(CCC)cc2)cc1. The number of amides is 1. The van der Waals surface area contributed by atoms with Crippen molar-refractivity contribution in [2.24, 2.45) is 0 Å². The molecule has 2 heteroatoms. The number of hydrogen-bond acceptors (Lipinski definition) is 1. The fraction of sp³-hybridized carbons (Fsp3) is 0.316. The Morgan fingerprint density at radius 2 is 1.14 bits per heavy atom. The third-order valence-electron chi connectivity index (χ3n) is 3.56. The molecule has 0 aliphatic heterocycles. The van der Waals surface area contributed by atoms with Crippen molar-refractivity contribution in [3.63, 3.8) is 0 Å². The lowest BCUT2D eigenvalue weighted by atomic mass is 10.1. The standard InChI is InChI=1S/C19H22NO/c1-3-5-16-7-11-18(12-8-16)20(15-21)19-13-9-17(6-4-2)10-14-19/h7-14H,3-6H2,1-2H3. The molecule has 0 fully saturated rings. The predicted molar refractivity (Wildman–Crippen MR) is 88.7 cm³/mol. The molecule has 1 amide bonds. The van der Waals surface area contributed by atoms with Crippen LogP contribution in [0.25, 0.3) is 0 Å². The summed E-state index contributed by atoms with van der Waals surface area (Å²) in [6.07, 6.45) is 6.41. The summed E-state index contributed by atoms with van der Waals surface area (Å²) in [7, 11) is 0. The molecule has 0 aliphatic rings. The van der Waals surface area contributed by atoms with Gasteiger partial charge in [-0.05, 0) is 48.2 Å². The summed E-state index contributed by atoms with van der Waals surface area (Å²) in [5.41, 5.74) is 4.30. The van der Waals surface area contributed by atoms with E-state index in [-0.39, 0.29) is 0 Å². The van der Waals surface area contributed by atoms with Gasteiger partial charge in [-0.1, -0.05) is 51.0 Å². The minimum atomic E-state index is 0.855. The van der Waals surface area contributed by atoms with Crippen LogP contribution >= 0.6 is 0 Å². The molecule has 2 rings (SSSR count). The number of nitrogens with zero attached hydrogens (tertiary/aromatic N) is 1. The maximum atomic E-state index is 11.3. The Morgan fingerprint density at radius 1 is 0.762 bits per heavy atom. The number of carbonyl (C=O) groups excluding carboxylic acids is 1. The van der Waals surface area contributed by atoms with E-state index < -0.39 is 0 Å². The minimum Gasteiger partial charge on any atom is -0.273 e. The van der Waals surface area contributed by atoms with E-state index in [2.05, 4.69) is 38.1 Å². The molecule has 0 aliphatic carbocycles. The van der Waals surface area contributed by atoms with E-state index >= 15 is 0 Å². The van der Waals surface area contributed by atoms with Crippen LogP contribution in [0.5, 0.6) is 0 Å². The van der Waals surface area contributed by atoms with Crippen molar-refractivity contribution in [2.45, 2.75) is 39.5 Å². The Morgan fingerprint density at radius 3 is 1.43 bits per heavy atom. The van der Waals surface area contributed by atoms with Crippen LogP contribution in [-0.4, -0.2) is 6.41 Å². The third-order valence-corrected chi connectivity index (χ3v) is 3.56. The Labute approximate surface area is 127 Å². The van der Waals surface area contributed by atoms with Crippen LogP contribution in [0.2, 0.25) is 0 Å². The highest BCUT2D eigenvalue weighted by Crippen LogP contribution is 2.25. The van der Waals surface area contributed by atoms with Gasteiger partial charge in [0, 0.05) is 11.4 Å². The van der Waals surface area contributed by atoms with E-state index in [0.29, 0.717) is 0 Å². The van der Waals surface area contributed by atoms with Crippen LogP contribution < -0.4 is 4.90 Å². The molecule has 1 radical (unpaired) electrons. The van der Waals surface area contributed by atoms with Crippen LogP contribution in [0.4, 0.5) is 11.4 Å². The van der Waals surface area contributed by atoms with E-state index in [1.54, 1.807) is 4.90 Å². The molecule has 0 bridgehead atoms. The highest BCUT2D eigenvalue weighted by molar-refractivity contribution is 5.86. The van der Waals surface area contributed by atoms with E-state index in [0.717, 1.165) is 37.1 Å². The second-order valence-electron chi connectivity index (χ2n) is 5.26. The predicted octanol–water partition coefficient (Wildman–Crippen LogP) is 4.80. The molecule has 0 spiro atoms. The Kier molecular flexibility index (Phi) is 5.56. The van der Waals surface area contributed by atoms with Gasteiger partial charge in [-0.25, -0.2) is 0 Å². The molecule has 109 valence electrons. The zero-order valence-corrected chi connectivity index (χ0v) is 12.8. The van der Waals surface area contributed by atoms with Crippen molar-refractivity contribution in [3.05, 3.63) is 59.7 Å². The molecule has 21 heavy (non-hydrogen) atoms. The Balaban J connectivity index is 2.20. The molecule has 0 N–H and O–H groups in total. The van der Waals surface area contributed by atoms with E-state index in [1.807, 2.05) is 30.7 Å². The molecule has 2 aromatic carbocycles. The molecular weight excluding hydrogens is 258 g/mol. The summed E-state index contributed by atoms with van der Waals surface area (Å²) in [4.78, 5) is 12.9. The lowest BCUT2D eigenvalue weighted by molar-refractivity contribution is 0.556. The van der Waals surface area contributed by atoms with Crippen LogP contribution in [0.3, 0.4) is 0 Å². The monoisotopic (exact) mass is 280 g/mol. The summed E-state index contributed by atoms with van der Waals surface area (Å²) < 4.78 is 0. The molecule has 0 saturated carbocycles. The summed E-state index contributed by atoms with van der Waals surface area (Å²) in [6.45, 7) is 4.33. The maximum Gasteiger partial charge on any atom is 0.321 e. The van der Waals surface area contributed by atoms with E-state index in [9.17, 15) is 4.79 Å². The van der Waals surface area contributed by atoms with Gasteiger partial charge in [0.05, 0.1) is 0 Å². The molecule has 0 atom stereocenters. The van der Waals surface area contributed by atoms with Gasteiger partial charge in [-0.15, -0.1) is 0 Å². The normalized spacial score (nSPS) is 10.4. The smallest absolute Gasteiger partial charge is 0.273 e. The average molecular weight is 280 g/mol. The summed E-state index contributed by atoms with van der Waals surface area (Å²) in [6, 6.07) is 16.2. The zero-order valence-electron chi connectivity index (χ0n) is 12.8. The quantitative estimate of drug-likeness (QED) is 0.667. The molecule has 2 aromatic rings. The van der Waals surface area contributed by atoms with Crippen molar-refractivity contribution in [1.29, 1.82) is 0 Å². The highest BCUT2D eigenvalue weighted by atomic mass is 16.1. The highest BCUT2D eigenvalue weighted by Gasteiger charge is 2.09. The van der Waals surface area contributed by atoms with Crippen molar-refractivity contribution in [2.75, 3.05) is 4.90 Å². The lowest BCUT2D eigenvalue weighted by Crippen LogP contribution is -2.13. The summed E-state index contributed by atoms with van der Waals surface area (Å²) in [5.74, 6) is 0. The topological polar surface area (TPSA) is 20.3 Å². The van der Waals surface area contributed by atoms with Gasteiger partial charge in [-0.2, -0.15) is 0 Å². The largest absolute Gasteiger partial charge is 0.321 e. The van der Waals surface area contributed by atoms with Gasteiger partial charge in [0.1, 0.15) is 0 Å². The maximum absolute atomic E-state index is 11.3. The van der Waals surface area contributed by atoms with Crippen LogP contribution in [-0.2, 0) is 17.6 Å². The lowest BCUT2D eigenvalue weighted by Gasteiger charge is -2.17. The number of benzene rings is 2. The Hall–Kier alpha value is -2.09. The van der Waals surface area contributed by atoms with Crippen LogP contribution in [0, 0.1) is 0 Å². The zero-order chi connectivity index (χ0) is 15.1. The van der Waals surface area contributed by atoms with Crippen LogP contribution in [0.1, 0.15) is 37.8 Å². The van der Waals surface area contributed by atoms with Gasteiger partial charge in [0.2, 0.25) is 0 Å². The molecular formula is C19H22NO. The van der Waals surface area contributed by atoms with Crippen LogP contribution in [0.15, 0.2) is 48.5 Å². The first-order valence-corrected chi connectivity index (χ1v) is 7.64. The molecule has 0 unspecified atom stereocenters. The number of aryl methyl sites for hydroxylation is 2. The van der Waals surface area contributed by atoms with Crippen molar-refractivity contribution in [3.8, 4) is 0 Å². The summed E-state index contributed by atoms with van der Waals surface area (Å²) >= 11 is 0. The average Bonchev–Trinajstić information content (AvgIpc) is 2.52. The molecule has 0 heterocycles. The van der Waals surface area contributed by atoms with Gasteiger partial charge in [-0.3, -0.25) is 9.69 Å². The first-order valence-electron chi connectivity index (χ1n) is 7.64. The third kappa shape index (κ3) is 3.94. The van der Waals surface area contributed by atoms with Crippen molar-refractivity contribution in [1.82, 2.24) is 0 Å². The fourth-order valence-corrected chi connectivity index (χ4v) is 2.46. The first-order chi connectivity index (χ1) is 10.3. The van der Waals surface area contributed by atoms with E-state index in [1.165, 1.54) is 11.1 Å². The van der Waals surface area contributed by atoms with Gasteiger partial charge >= 0.3 is 6.41 Å². The molecule has 0 aromatic heterocycles. The molecule has 0 saturated heterocycles.